The largest absolute Gasteiger partial charge is 0.497 e. The highest BCUT2D eigenvalue weighted by molar-refractivity contribution is 5.85. The topological polar surface area (TPSA) is 68.5 Å². The zero-order valence-corrected chi connectivity index (χ0v) is 11.7. The number of aromatic nitrogens is 1. The number of pyridine rings is 1. The van der Waals surface area contributed by atoms with E-state index in [9.17, 15) is 9.59 Å². The van der Waals surface area contributed by atoms with Crippen LogP contribution in [0, 0.1) is 6.92 Å². The van der Waals surface area contributed by atoms with Gasteiger partial charge in [0.25, 0.3) is 0 Å². The molecule has 0 saturated heterocycles. The van der Waals surface area contributed by atoms with Crippen molar-refractivity contribution in [3.8, 4) is 11.4 Å². The highest BCUT2D eigenvalue weighted by Crippen LogP contribution is 2.18. The summed E-state index contributed by atoms with van der Waals surface area (Å²) in [6, 6.07) is 8.86. The molecular formula is C16H15NO4. The summed E-state index contributed by atoms with van der Waals surface area (Å²) in [5.74, 6) is -0.392. The zero-order chi connectivity index (χ0) is 15.4. The van der Waals surface area contributed by atoms with Gasteiger partial charge in [0.15, 0.2) is 5.43 Å². The van der Waals surface area contributed by atoms with Crippen molar-refractivity contribution in [2.45, 2.75) is 6.92 Å². The van der Waals surface area contributed by atoms with Gasteiger partial charge in [-0.05, 0) is 25.1 Å². The molecule has 0 saturated carbocycles. The second-order valence-corrected chi connectivity index (χ2v) is 4.48. The van der Waals surface area contributed by atoms with Crippen LogP contribution < -0.4 is 10.2 Å². The molecule has 2 rings (SSSR count). The molecule has 0 aliphatic rings. The van der Waals surface area contributed by atoms with E-state index in [1.165, 1.54) is 12.1 Å². The summed E-state index contributed by atoms with van der Waals surface area (Å²) in [5, 5.41) is 8.66. The Balaban J connectivity index is 2.55. The van der Waals surface area contributed by atoms with Crippen molar-refractivity contribution in [2.75, 3.05) is 7.11 Å². The molecule has 0 spiro atoms. The van der Waals surface area contributed by atoms with Gasteiger partial charge in [0, 0.05) is 41.4 Å². The number of aryl methyl sites for hydroxylation is 1. The predicted molar refractivity (Wildman–Crippen MR) is 80.0 cm³/mol. The van der Waals surface area contributed by atoms with Crippen molar-refractivity contribution < 1.29 is 14.6 Å². The van der Waals surface area contributed by atoms with Crippen LogP contribution in [0.3, 0.4) is 0 Å². The summed E-state index contributed by atoms with van der Waals surface area (Å²) in [5.41, 5.74) is 1.67. The molecule has 21 heavy (non-hydrogen) atoms. The van der Waals surface area contributed by atoms with E-state index < -0.39 is 5.97 Å². The standard InChI is InChI=1S/C16H15NO4/c1-11-8-15(18)12(6-7-16(19)20)10-17(11)13-4-3-5-14(9-13)21-2/h3-10H,1-2H3,(H,19,20)/b7-6+. The summed E-state index contributed by atoms with van der Waals surface area (Å²) in [7, 11) is 1.58. The van der Waals surface area contributed by atoms with Crippen LogP contribution in [-0.4, -0.2) is 22.8 Å². The third-order valence-electron chi connectivity index (χ3n) is 3.01. The Morgan fingerprint density at radius 3 is 2.76 bits per heavy atom. The Morgan fingerprint density at radius 2 is 2.10 bits per heavy atom. The fourth-order valence-electron chi connectivity index (χ4n) is 1.97. The third kappa shape index (κ3) is 3.39. The fourth-order valence-corrected chi connectivity index (χ4v) is 1.97. The van der Waals surface area contributed by atoms with Gasteiger partial charge in [-0.2, -0.15) is 0 Å². The summed E-state index contributed by atoms with van der Waals surface area (Å²) >= 11 is 0. The second-order valence-electron chi connectivity index (χ2n) is 4.48. The Hall–Kier alpha value is -2.82. The van der Waals surface area contributed by atoms with Crippen LogP contribution in [0.1, 0.15) is 11.3 Å². The zero-order valence-electron chi connectivity index (χ0n) is 11.7. The van der Waals surface area contributed by atoms with Crippen LogP contribution in [0.5, 0.6) is 5.75 Å². The first kappa shape index (κ1) is 14.6. The first-order valence-electron chi connectivity index (χ1n) is 6.30. The number of rotatable bonds is 4. The Morgan fingerprint density at radius 1 is 1.33 bits per heavy atom. The second kappa shape index (κ2) is 6.09. The molecule has 108 valence electrons. The first-order chi connectivity index (χ1) is 10.0. The fraction of sp³-hybridized carbons (Fsp3) is 0.125. The van der Waals surface area contributed by atoms with E-state index in [-0.39, 0.29) is 5.43 Å². The molecule has 0 unspecified atom stereocenters. The van der Waals surface area contributed by atoms with E-state index >= 15 is 0 Å². The quantitative estimate of drug-likeness (QED) is 0.875. The van der Waals surface area contributed by atoms with Crippen LogP contribution >= 0.6 is 0 Å². The van der Waals surface area contributed by atoms with Gasteiger partial charge in [0.2, 0.25) is 0 Å². The third-order valence-corrected chi connectivity index (χ3v) is 3.01. The van der Waals surface area contributed by atoms with Crippen molar-refractivity contribution in [1.82, 2.24) is 4.57 Å². The highest BCUT2D eigenvalue weighted by Gasteiger charge is 2.05. The molecular weight excluding hydrogens is 270 g/mol. The van der Waals surface area contributed by atoms with Crippen molar-refractivity contribution in [3.63, 3.8) is 0 Å². The van der Waals surface area contributed by atoms with Crippen LogP contribution in [0.15, 0.2) is 47.4 Å². The van der Waals surface area contributed by atoms with Gasteiger partial charge in [0.05, 0.1) is 7.11 Å². The molecule has 5 heteroatoms. The lowest BCUT2D eigenvalue weighted by atomic mass is 10.2. The molecule has 5 nitrogen and oxygen atoms in total. The lowest BCUT2D eigenvalue weighted by Gasteiger charge is -2.12. The monoisotopic (exact) mass is 285 g/mol. The maximum absolute atomic E-state index is 11.9. The van der Waals surface area contributed by atoms with Crippen LogP contribution in [0.4, 0.5) is 0 Å². The Labute approximate surface area is 121 Å². The Bertz CT molecular complexity index is 759. The van der Waals surface area contributed by atoms with Crippen molar-refractivity contribution >= 4 is 12.0 Å². The number of benzene rings is 1. The molecule has 2 aromatic rings. The van der Waals surface area contributed by atoms with Crippen LogP contribution in [0.2, 0.25) is 0 Å². The van der Waals surface area contributed by atoms with E-state index in [0.717, 1.165) is 17.5 Å². The molecule has 0 atom stereocenters. The number of hydrogen-bond acceptors (Lipinski definition) is 3. The maximum atomic E-state index is 11.9. The van der Waals surface area contributed by atoms with Crippen molar-refractivity contribution in [3.05, 3.63) is 64.1 Å². The number of methoxy groups -OCH3 is 1. The van der Waals surface area contributed by atoms with Gasteiger partial charge in [0.1, 0.15) is 5.75 Å². The minimum Gasteiger partial charge on any atom is -0.497 e. The number of aliphatic carboxylic acids is 1. The molecule has 0 aliphatic heterocycles. The number of carboxylic acids is 1. The van der Waals surface area contributed by atoms with E-state index in [2.05, 4.69) is 0 Å². The average molecular weight is 285 g/mol. The highest BCUT2D eigenvalue weighted by atomic mass is 16.5. The van der Waals surface area contributed by atoms with Crippen LogP contribution in [0.25, 0.3) is 11.8 Å². The molecule has 0 fully saturated rings. The smallest absolute Gasteiger partial charge is 0.328 e. The number of nitrogens with zero attached hydrogens (tertiary/aromatic N) is 1. The number of carboxylic acid groups (broad SMARTS) is 1. The Kier molecular flexibility index (Phi) is 4.23. The molecule has 1 aromatic heterocycles. The number of ether oxygens (including phenoxy) is 1. The van der Waals surface area contributed by atoms with E-state index in [1.807, 2.05) is 35.8 Å². The lowest BCUT2D eigenvalue weighted by molar-refractivity contribution is -0.131. The molecule has 0 bridgehead atoms. The van der Waals surface area contributed by atoms with E-state index in [0.29, 0.717) is 11.3 Å². The van der Waals surface area contributed by atoms with Gasteiger partial charge >= 0.3 is 5.97 Å². The molecule has 0 radical (unpaired) electrons. The van der Waals surface area contributed by atoms with Gasteiger partial charge in [-0.15, -0.1) is 0 Å². The van der Waals surface area contributed by atoms with Gasteiger partial charge in [-0.25, -0.2) is 4.79 Å². The van der Waals surface area contributed by atoms with Gasteiger partial charge in [-0.1, -0.05) is 6.07 Å². The minimum absolute atomic E-state index is 0.218. The van der Waals surface area contributed by atoms with Gasteiger partial charge in [-0.3, -0.25) is 4.79 Å². The van der Waals surface area contributed by atoms with Crippen molar-refractivity contribution in [2.24, 2.45) is 0 Å². The normalized spacial score (nSPS) is 10.8. The number of carbonyl (C=O) groups is 1. The molecule has 1 N–H and O–H groups in total. The van der Waals surface area contributed by atoms with Crippen LogP contribution in [-0.2, 0) is 4.79 Å². The van der Waals surface area contributed by atoms with Crippen molar-refractivity contribution in [1.29, 1.82) is 0 Å². The molecule has 1 heterocycles. The average Bonchev–Trinajstić information content (AvgIpc) is 2.46. The first-order valence-corrected chi connectivity index (χ1v) is 6.30. The van der Waals surface area contributed by atoms with E-state index in [4.69, 9.17) is 9.84 Å². The summed E-state index contributed by atoms with van der Waals surface area (Å²) in [4.78, 5) is 22.5. The predicted octanol–water partition coefficient (Wildman–Crippen LogP) is 2.25. The molecule has 0 amide bonds. The summed E-state index contributed by atoms with van der Waals surface area (Å²) in [6.07, 6.45) is 3.86. The lowest BCUT2D eigenvalue weighted by Crippen LogP contribution is -2.11. The summed E-state index contributed by atoms with van der Waals surface area (Å²) in [6.45, 7) is 1.81. The summed E-state index contributed by atoms with van der Waals surface area (Å²) < 4.78 is 6.99. The SMILES string of the molecule is COc1cccc(-n2cc(/C=C/C(=O)O)c(=O)cc2C)c1. The minimum atomic E-state index is -1.09. The molecule has 1 aromatic carbocycles. The maximum Gasteiger partial charge on any atom is 0.328 e. The van der Waals surface area contributed by atoms with E-state index in [1.54, 1.807) is 13.3 Å². The number of hydrogen-bond donors (Lipinski definition) is 1. The van der Waals surface area contributed by atoms with Gasteiger partial charge < -0.3 is 14.4 Å². The molecule has 0 aliphatic carbocycles.